The van der Waals surface area contributed by atoms with Crippen molar-refractivity contribution in [3.63, 3.8) is 0 Å². The molecule has 5 heteroatoms. The number of Topliss-reactive ketones (excluding diaryl/α,β-unsaturated/α-hetero) is 1. The van der Waals surface area contributed by atoms with Crippen molar-refractivity contribution in [2.45, 2.75) is 38.0 Å². The summed E-state index contributed by atoms with van der Waals surface area (Å²) in [4.78, 5) is 22.8. The van der Waals surface area contributed by atoms with Crippen LogP contribution < -0.4 is 0 Å². The van der Waals surface area contributed by atoms with Crippen LogP contribution in [0, 0.1) is 0 Å². The average Bonchev–Trinajstić information content (AvgIpc) is 2.75. The molecule has 4 rings (SSSR count). The molecule has 0 bridgehead atoms. The van der Waals surface area contributed by atoms with Crippen LogP contribution in [-0.4, -0.2) is 65.0 Å². The molecule has 0 saturated carbocycles. The number of rotatable bonds is 5. The van der Waals surface area contributed by atoms with E-state index in [1.165, 1.54) is 5.56 Å². The molecule has 0 amide bonds. The maximum Gasteiger partial charge on any atom is 0.201 e. The van der Waals surface area contributed by atoms with Gasteiger partial charge in [0.15, 0.2) is 0 Å². The van der Waals surface area contributed by atoms with Gasteiger partial charge in [0.25, 0.3) is 0 Å². The lowest BCUT2D eigenvalue weighted by atomic mass is 9.79. The average molecular weight is 380 g/mol. The summed E-state index contributed by atoms with van der Waals surface area (Å²) in [5.41, 5.74) is 1.42. The number of aromatic nitrogens is 1. The van der Waals surface area contributed by atoms with Crippen molar-refractivity contribution in [1.29, 1.82) is 0 Å². The number of benzene rings is 1. The van der Waals surface area contributed by atoms with Crippen LogP contribution in [0.5, 0.6) is 0 Å². The van der Waals surface area contributed by atoms with Gasteiger partial charge in [-0.2, -0.15) is 0 Å². The van der Waals surface area contributed by atoms with Crippen LogP contribution in [0.4, 0.5) is 0 Å². The zero-order valence-corrected chi connectivity index (χ0v) is 16.6. The van der Waals surface area contributed by atoms with Crippen LogP contribution in [0.1, 0.15) is 35.8 Å². The van der Waals surface area contributed by atoms with Crippen molar-refractivity contribution in [2.24, 2.45) is 0 Å². The van der Waals surface area contributed by atoms with E-state index in [-0.39, 0.29) is 11.9 Å². The maximum absolute atomic E-state index is 13.6. The Labute approximate surface area is 167 Å². The number of carbonyl (C=O) groups excluding carboxylic acids is 1. The first-order valence-corrected chi connectivity index (χ1v) is 10.3. The SMILES string of the molecule is CC1CC(C(=O)c2ccccn2)(N2CCN(Cc3ccccc3)CC2)CCO1. The van der Waals surface area contributed by atoms with Crippen LogP contribution in [0.2, 0.25) is 0 Å². The Balaban J connectivity index is 1.49. The third-order valence-electron chi connectivity index (χ3n) is 6.09. The third-order valence-corrected chi connectivity index (χ3v) is 6.09. The second-order valence-electron chi connectivity index (χ2n) is 7.96. The number of ketones is 1. The lowest BCUT2D eigenvalue weighted by Gasteiger charge is -2.49. The van der Waals surface area contributed by atoms with Gasteiger partial charge in [-0.25, -0.2) is 0 Å². The maximum atomic E-state index is 13.6. The molecule has 2 aliphatic heterocycles. The van der Waals surface area contributed by atoms with Gasteiger partial charge in [-0.05, 0) is 37.5 Å². The molecule has 0 N–H and O–H groups in total. The van der Waals surface area contributed by atoms with E-state index in [0.29, 0.717) is 12.3 Å². The Morgan fingerprint density at radius 2 is 1.86 bits per heavy atom. The fourth-order valence-electron chi connectivity index (χ4n) is 4.61. The number of nitrogens with zero attached hydrogens (tertiary/aromatic N) is 3. The predicted octanol–water partition coefficient (Wildman–Crippen LogP) is 3.02. The van der Waals surface area contributed by atoms with Crippen LogP contribution >= 0.6 is 0 Å². The van der Waals surface area contributed by atoms with Gasteiger partial charge in [0, 0.05) is 45.5 Å². The topological polar surface area (TPSA) is 45.7 Å². The van der Waals surface area contributed by atoms with E-state index in [9.17, 15) is 4.79 Å². The monoisotopic (exact) mass is 379 g/mol. The summed E-state index contributed by atoms with van der Waals surface area (Å²) in [6, 6.07) is 16.2. The molecule has 2 unspecified atom stereocenters. The van der Waals surface area contributed by atoms with Gasteiger partial charge < -0.3 is 4.74 Å². The van der Waals surface area contributed by atoms with Crippen molar-refractivity contribution >= 4 is 5.78 Å². The first-order valence-electron chi connectivity index (χ1n) is 10.3. The molecule has 1 aromatic heterocycles. The normalized spacial score (nSPS) is 26.8. The molecule has 2 atom stereocenters. The van der Waals surface area contributed by atoms with E-state index >= 15 is 0 Å². The molecule has 5 nitrogen and oxygen atoms in total. The van der Waals surface area contributed by atoms with E-state index in [4.69, 9.17) is 4.74 Å². The van der Waals surface area contributed by atoms with Gasteiger partial charge >= 0.3 is 0 Å². The molecule has 1 aromatic carbocycles. The van der Waals surface area contributed by atoms with Crippen LogP contribution in [-0.2, 0) is 11.3 Å². The minimum absolute atomic E-state index is 0.0868. The van der Waals surface area contributed by atoms with Crippen molar-refractivity contribution < 1.29 is 9.53 Å². The van der Waals surface area contributed by atoms with Crippen LogP contribution in [0.25, 0.3) is 0 Å². The Bertz CT molecular complexity index is 775. The Morgan fingerprint density at radius 3 is 2.54 bits per heavy atom. The molecular formula is C23H29N3O2. The Kier molecular flexibility index (Phi) is 5.85. The first kappa shape index (κ1) is 19.2. The number of carbonyl (C=O) groups is 1. The van der Waals surface area contributed by atoms with Crippen molar-refractivity contribution in [3.8, 4) is 0 Å². The zero-order valence-electron chi connectivity index (χ0n) is 16.6. The minimum atomic E-state index is -0.495. The van der Waals surface area contributed by atoms with Crippen LogP contribution in [0.15, 0.2) is 54.7 Å². The summed E-state index contributed by atoms with van der Waals surface area (Å²) in [5, 5.41) is 0. The second-order valence-corrected chi connectivity index (χ2v) is 7.96. The molecule has 0 spiro atoms. The smallest absolute Gasteiger partial charge is 0.201 e. The highest BCUT2D eigenvalue weighted by molar-refractivity contribution is 6.01. The van der Waals surface area contributed by atoms with E-state index in [1.807, 2.05) is 18.2 Å². The fraction of sp³-hybridized carbons (Fsp3) is 0.478. The zero-order chi connectivity index (χ0) is 19.4. The Hall–Kier alpha value is -2.08. The lowest BCUT2D eigenvalue weighted by molar-refractivity contribution is -0.0647. The number of pyridine rings is 1. The number of hydrogen-bond donors (Lipinski definition) is 0. The first-order chi connectivity index (χ1) is 13.7. The molecule has 2 aliphatic rings. The van der Waals surface area contributed by atoms with Gasteiger partial charge in [-0.3, -0.25) is 19.6 Å². The minimum Gasteiger partial charge on any atom is -0.378 e. The highest BCUT2D eigenvalue weighted by Gasteiger charge is 2.48. The predicted molar refractivity (Wildman–Crippen MR) is 109 cm³/mol. The van der Waals surface area contributed by atoms with Crippen molar-refractivity contribution in [3.05, 3.63) is 66.0 Å². The number of hydrogen-bond acceptors (Lipinski definition) is 5. The van der Waals surface area contributed by atoms with Crippen molar-refractivity contribution in [1.82, 2.24) is 14.8 Å². The highest BCUT2D eigenvalue weighted by atomic mass is 16.5. The highest BCUT2D eigenvalue weighted by Crippen LogP contribution is 2.35. The van der Waals surface area contributed by atoms with Gasteiger partial charge in [-0.15, -0.1) is 0 Å². The van der Waals surface area contributed by atoms with Crippen LogP contribution in [0.3, 0.4) is 0 Å². The van der Waals surface area contributed by atoms with E-state index < -0.39 is 5.54 Å². The van der Waals surface area contributed by atoms with E-state index in [1.54, 1.807) is 6.20 Å². The molecule has 2 aromatic rings. The Morgan fingerprint density at radius 1 is 1.11 bits per heavy atom. The lowest BCUT2D eigenvalue weighted by Crippen LogP contribution is -2.63. The summed E-state index contributed by atoms with van der Waals surface area (Å²) >= 11 is 0. The summed E-state index contributed by atoms with van der Waals surface area (Å²) in [5.74, 6) is 0.153. The molecule has 148 valence electrons. The quantitative estimate of drug-likeness (QED) is 0.748. The molecule has 2 saturated heterocycles. The third kappa shape index (κ3) is 4.02. The van der Waals surface area contributed by atoms with Gasteiger partial charge in [0.05, 0.1) is 11.6 Å². The van der Waals surface area contributed by atoms with E-state index in [0.717, 1.165) is 45.6 Å². The van der Waals surface area contributed by atoms with Gasteiger partial charge in [0.2, 0.25) is 5.78 Å². The van der Waals surface area contributed by atoms with E-state index in [2.05, 4.69) is 52.0 Å². The number of piperazine rings is 1. The summed E-state index contributed by atoms with van der Waals surface area (Å²) in [7, 11) is 0. The second kappa shape index (κ2) is 8.52. The molecule has 0 radical (unpaired) electrons. The fourth-order valence-corrected chi connectivity index (χ4v) is 4.61. The molecule has 0 aliphatic carbocycles. The summed E-state index contributed by atoms with van der Waals surface area (Å²) in [6.45, 7) is 7.42. The molecule has 3 heterocycles. The standard InChI is InChI=1S/C23H29N3O2/c1-19-17-23(10-16-28-19,22(27)21-9-5-6-11-24-21)26-14-12-25(13-15-26)18-20-7-3-2-4-8-20/h2-9,11,19H,10,12-18H2,1H3. The summed E-state index contributed by atoms with van der Waals surface area (Å²) in [6.07, 6.45) is 3.28. The summed E-state index contributed by atoms with van der Waals surface area (Å²) < 4.78 is 5.80. The van der Waals surface area contributed by atoms with Gasteiger partial charge in [-0.1, -0.05) is 36.4 Å². The molecule has 28 heavy (non-hydrogen) atoms. The molecular weight excluding hydrogens is 350 g/mol. The largest absolute Gasteiger partial charge is 0.378 e. The van der Waals surface area contributed by atoms with Crippen molar-refractivity contribution in [2.75, 3.05) is 32.8 Å². The molecule has 2 fully saturated rings. The van der Waals surface area contributed by atoms with Gasteiger partial charge in [0.1, 0.15) is 5.69 Å². The number of ether oxygens (including phenoxy) is 1.